The third kappa shape index (κ3) is 9.67. The fraction of sp³-hybridized carbons (Fsp3) is 0.517. The molecule has 0 bridgehead atoms. The summed E-state index contributed by atoms with van der Waals surface area (Å²) >= 11 is 0. The summed E-state index contributed by atoms with van der Waals surface area (Å²) in [5, 5.41) is 3.59. The highest BCUT2D eigenvalue weighted by molar-refractivity contribution is 5.41. The van der Waals surface area contributed by atoms with E-state index in [0.29, 0.717) is 24.3 Å². The van der Waals surface area contributed by atoms with Crippen LogP contribution in [0.15, 0.2) is 82.7 Å². The molecule has 0 radical (unpaired) electrons. The Morgan fingerprint density at radius 2 is 1.61 bits per heavy atom. The smallest absolute Gasteiger partial charge is 0.154 e. The van der Waals surface area contributed by atoms with E-state index in [2.05, 4.69) is 44.8 Å². The minimum Gasteiger partial charge on any atom is -0.495 e. The molecule has 1 N–H and O–H groups in total. The van der Waals surface area contributed by atoms with Crippen molar-refractivity contribution >= 4 is 0 Å². The van der Waals surface area contributed by atoms with Gasteiger partial charge in [0.05, 0.1) is 6.61 Å². The van der Waals surface area contributed by atoms with Crippen LogP contribution < -0.4 is 5.32 Å². The number of ether oxygens (including phenoxy) is 1. The van der Waals surface area contributed by atoms with E-state index in [-0.39, 0.29) is 5.76 Å². The van der Waals surface area contributed by atoms with Crippen molar-refractivity contribution in [1.82, 2.24) is 5.32 Å². The maximum Gasteiger partial charge on any atom is 0.154 e. The predicted molar refractivity (Wildman–Crippen MR) is 139 cm³/mol. The zero-order valence-electron chi connectivity index (χ0n) is 21.6. The van der Waals surface area contributed by atoms with Crippen molar-refractivity contribution in [1.29, 1.82) is 0 Å². The molecule has 4 unspecified atom stereocenters. The fourth-order valence-corrected chi connectivity index (χ4v) is 3.86. The molecule has 33 heavy (non-hydrogen) atoms. The van der Waals surface area contributed by atoms with Crippen LogP contribution in [0, 0.1) is 0 Å². The second kappa shape index (κ2) is 14.8. The number of nitrogens with one attached hydrogen (secondary N) is 1. The lowest BCUT2D eigenvalue weighted by Crippen LogP contribution is -2.28. The Balaban J connectivity index is 3.08. The van der Waals surface area contributed by atoms with Crippen molar-refractivity contribution in [2.75, 3.05) is 6.61 Å². The molecule has 0 spiro atoms. The van der Waals surface area contributed by atoms with Crippen molar-refractivity contribution in [2.45, 2.75) is 92.2 Å². The summed E-state index contributed by atoms with van der Waals surface area (Å²) in [4.78, 5) is 0. The summed E-state index contributed by atoms with van der Waals surface area (Å²) in [6.07, 6.45) is 14.2. The molecule has 184 valence electrons. The van der Waals surface area contributed by atoms with Crippen LogP contribution in [-0.4, -0.2) is 31.0 Å². The van der Waals surface area contributed by atoms with Gasteiger partial charge < -0.3 is 10.1 Å². The summed E-state index contributed by atoms with van der Waals surface area (Å²) in [6.45, 7) is 17.2. The third-order valence-corrected chi connectivity index (χ3v) is 6.05. The summed E-state index contributed by atoms with van der Waals surface area (Å²) in [5.74, 6) is 0.213. The standard InChI is InChI=1S/C29H43F2NO/c1-9-25(20(4)12-13-22(6)28-18-16-26(10-2)32-28)15-14-21(5)27(23(7)30)17-19-29(24(8)31)33-11-3/h10,12-15,17,19,23-24,26,28,32H,2,9,11,16,18H2,1,3-8H3/b20-12+,21-14+,22-13+,25-15+,27-17-,29-19+. The Labute approximate surface area is 200 Å². The number of halogens is 2. The lowest BCUT2D eigenvalue weighted by atomic mass is 9.99. The van der Waals surface area contributed by atoms with E-state index < -0.39 is 12.3 Å². The molecule has 0 aromatic heterocycles. The van der Waals surface area contributed by atoms with Crippen molar-refractivity contribution < 1.29 is 13.5 Å². The number of rotatable bonds is 12. The quantitative estimate of drug-likeness (QED) is 0.181. The number of hydrogen-bond donors (Lipinski definition) is 1. The van der Waals surface area contributed by atoms with E-state index >= 15 is 0 Å². The number of hydrogen-bond acceptors (Lipinski definition) is 2. The lowest BCUT2D eigenvalue weighted by molar-refractivity contribution is 0.173. The van der Waals surface area contributed by atoms with Gasteiger partial charge in [0.1, 0.15) is 11.9 Å². The molecule has 0 aromatic carbocycles. The first kappa shape index (κ1) is 28.8. The highest BCUT2D eigenvalue weighted by Crippen LogP contribution is 2.22. The van der Waals surface area contributed by atoms with Gasteiger partial charge in [-0.15, -0.1) is 6.58 Å². The molecule has 1 heterocycles. The van der Waals surface area contributed by atoms with Gasteiger partial charge in [-0.1, -0.05) is 49.0 Å². The monoisotopic (exact) mass is 459 g/mol. The second-order valence-electron chi connectivity index (χ2n) is 8.65. The summed E-state index contributed by atoms with van der Waals surface area (Å²) in [7, 11) is 0. The normalized spacial score (nSPS) is 23.5. The highest BCUT2D eigenvalue weighted by Gasteiger charge is 2.21. The van der Waals surface area contributed by atoms with Gasteiger partial charge in [0.25, 0.3) is 0 Å². The van der Waals surface area contributed by atoms with Crippen molar-refractivity contribution in [3.63, 3.8) is 0 Å². The van der Waals surface area contributed by atoms with Crippen LogP contribution in [-0.2, 0) is 4.74 Å². The topological polar surface area (TPSA) is 21.3 Å². The minimum absolute atomic E-state index is 0.213. The molecule has 4 atom stereocenters. The first-order chi connectivity index (χ1) is 15.6. The van der Waals surface area contributed by atoms with Crippen LogP contribution in [0.5, 0.6) is 0 Å². The number of alkyl halides is 2. The fourth-order valence-electron chi connectivity index (χ4n) is 3.86. The van der Waals surface area contributed by atoms with Crippen LogP contribution in [0.1, 0.15) is 67.7 Å². The van der Waals surface area contributed by atoms with Gasteiger partial charge in [-0.05, 0) is 89.2 Å². The Morgan fingerprint density at radius 1 is 0.939 bits per heavy atom. The molecule has 1 aliphatic heterocycles. The van der Waals surface area contributed by atoms with Gasteiger partial charge in [-0.25, -0.2) is 8.78 Å². The molecule has 0 aromatic rings. The van der Waals surface area contributed by atoms with E-state index in [1.54, 1.807) is 13.0 Å². The molecule has 0 aliphatic carbocycles. The first-order valence-corrected chi connectivity index (χ1v) is 12.1. The zero-order valence-corrected chi connectivity index (χ0v) is 21.6. The number of allylic oxidation sites excluding steroid dienone is 11. The van der Waals surface area contributed by atoms with E-state index in [1.165, 1.54) is 36.6 Å². The molecule has 0 saturated carbocycles. The Bertz CT molecular complexity index is 825. The Hall–Kier alpha value is -2.20. The van der Waals surface area contributed by atoms with Crippen molar-refractivity contribution in [2.24, 2.45) is 0 Å². The van der Waals surface area contributed by atoms with Crippen LogP contribution >= 0.6 is 0 Å². The average Bonchev–Trinajstić information content (AvgIpc) is 3.26. The van der Waals surface area contributed by atoms with E-state index in [4.69, 9.17) is 4.74 Å². The molecule has 2 nitrogen and oxygen atoms in total. The van der Waals surface area contributed by atoms with Crippen molar-refractivity contribution in [3.8, 4) is 0 Å². The minimum atomic E-state index is -1.24. The highest BCUT2D eigenvalue weighted by atomic mass is 19.1. The maximum absolute atomic E-state index is 14.3. The van der Waals surface area contributed by atoms with Crippen LogP contribution in [0.3, 0.4) is 0 Å². The van der Waals surface area contributed by atoms with Crippen LogP contribution in [0.2, 0.25) is 0 Å². The SMILES string of the molecule is C=CC1CCC(/C(C)=C/C=C(C)/C(=C/C=C(C)/C(=C/C=C(/OCC)C(C)F)C(C)F)CC)N1. The molecule has 1 saturated heterocycles. The van der Waals surface area contributed by atoms with Gasteiger partial charge in [0, 0.05) is 12.1 Å². The van der Waals surface area contributed by atoms with E-state index in [1.807, 2.05) is 25.2 Å². The summed E-state index contributed by atoms with van der Waals surface area (Å²) < 4.78 is 33.3. The second-order valence-corrected chi connectivity index (χ2v) is 8.65. The van der Waals surface area contributed by atoms with Gasteiger partial charge in [0.15, 0.2) is 6.17 Å². The molecule has 0 amide bonds. The molecular formula is C29H43F2NO. The summed E-state index contributed by atoms with van der Waals surface area (Å²) in [5.41, 5.74) is 5.01. The van der Waals surface area contributed by atoms with E-state index in [0.717, 1.165) is 24.8 Å². The molecule has 1 rings (SSSR count). The molecule has 1 aliphatic rings. The lowest BCUT2D eigenvalue weighted by Gasteiger charge is -2.13. The predicted octanol–water partition coefficient (Wildman–Crippen LogP) is 8.03. The molecule has 4 heteroatoms. The van der Waals surface area contributed by atoms with Crippen LogP contribution in [0.4, 0.5) is 8.78 Å². The van der Waals surface area contributed by atoms with Gasteiger partial charge >= 0.3 is 0 Å². The van der Waals surface area contributed by atoms with Gasteiger partial charge in [-0.2, -0.15) is 0 Å². The Morgan fingerprint density at radius 3 is 2.12 bits per heavy atom. The third-order valence-electron chi connectivity index (χ3n) is 6.05. The molecule has 1 fully saturated rings. The summed E-state index contributed by atoms with van der Waals surface area (Å²) in [6, 6.07) is 0.795. The van der Waals surface area contributed by atoms with Gasteiger partial charge in [0.2, 0.25) is 0 Å². The Kier molecular flexibility index (Phi) is 13.0. The van der Waals surface area contributed by atoms with Crippen molar-refractivity contribution in [3.05, 3.63) is 82.7 Å². The average molecular weight is 460 g/mol. The van der Waals surface area contributed by atoms with E-state index in [9.17, 15) is 8.78 Å². The largest absolute Gasteiger partial charge is 0.495 e. The van der Waals surface area contributed by atoms with Gasteiger partial charge in [-0.3, -0.25) is 0 Å². The molecular weight excluding hydrogens is 416 g/mol. The zero-order chi connectivity index (χ0) is 25.0. The van der Waals surface area contributed by atoms with Crippen LogP contribution in [0.25, 0.3) is 0 Å². The first-order valence-electron chi connectivity index (χ1n) is 12.1. The maximum atomic E-state index is 14.3.